The normalized spacial score (nSPS) is 11.2. The van der Waals surface area contributed by atoms with Gasteiger partial charge in [-0.2, -0.15) is 0 Å². The zero-order chi connectivity index (χ0) is 14.4. The summed E-state index contributed by atoms with van der Waals surface area (Å²) in [6.45, 7) is 4.64. The third kappa shape index (κ3) is 21.1. The fourth-order valence-corrected chi connectivity index (χ4v) is 1.70. The van der Waals surface area contributed by atoms with Gasteiger partial charge < -0.3 is 9.59 Å². The maximum absolute atomic E-state index is 8.86. The molecule has 0 unspecified atom stereocenters. The van der Waals surface area contributed by atoms with E-state index >= 15 is 0 Å². The van der Waals surface area contributed by atoms with Crippen molar-refractivity contribution in [1.82, 2.24) is 0 Å². The van der Waals surface area contributed by atoms with E-state index in [1.807, 2.05) is 0 Å². The van der Waals surface area contributed by atoms with E-state index in [2.05, 4.69) is 21.0 Å². The average molecular weight is 284 g/mol. The fourth-order valence-electron chi connectivity index (χ4n) is 1.70. The molecular formula is C12H30NO4S+. The molecule has 5 nitrogen and oxygen atoms in total. The molecule has 0 aromatic rings. The number of hydrogen-bond donors (Lipinski definition) is 3. The van der Waals surface area contributed by atoms with Crippen LogP contribution in [-0.2, 0) is 11.0 Å². The SMILES string of the molecule is CCCCCCCC[N+](C)(C)CCO.O=[SH](=O)O. The minimum absolute atomic E-state index is 0.308. The van der Waals surface area contributed by atoms with Crippen molar-refractivity contribution in [2.75, 3.05) is 33.8 Å². The first-order valence-electron chi connectivity index (χ1n) is 6.62. The van der Waals surface area contributed by atoms with Crippen LogP contribution in [0.5, 0.6) is 0 Å². The summed E-state index contributed by atoms with van der Waals surface area (Å²) in [5.41, 5.74) is 0. The van der Waals surface area contributed by atoms with Crippen molar-refractivity contribution in [1.29, 1.82) is 0 Å². The molecule has 0 heterocycles. The summed E-state index contributed by atoms with van der Waals surface area (Å²) in [5.74, 6) is 0. The maximum atomic E-state index is 8.86. The highest BCUT2D eigenvalue weighted by Crippen LogP contribution is 2.07. The quantitative estimate of drug-likeness (QED) is 0.259. The Balaban J connectivity index is 0. The third-order valence-electron chi connectivity index (χ3n) is 2.82. The number of rotatable bonds is 9. The molecule has 0 aromatic heterocycles. The van der Waals surface area contributed by atoms with Gasteiger partial charge in [-0.15, -0.1) is 0 Å². The lowest BCUT2D eigenvalue weighted by atomic mass is 10.1. The minimum Gasteiger partial charge on any atom is -0.391 e. The van der Waals surface area contributed by atoms with Gasteiger partial charge >= 0.3 is 0 Å². The molecule has 18 heavy (non-hydrogen) atoms. The molecule has 0 spiro atoms. The zero-order valence-corrected chi connectivity index (χ0v) is 12.9. The molecule has 2 N–H and O–H groups in total. The topological polar surface area (TPSA) is 74.6 Å². The number of aliphatic hydroxyl groups is 1. The molecule has 0 radical (unpaired) electrons. The number of aliphatic hydroxyl groups excluding tert-OH is 1. The van der Waals surface area contributed by atoms with E-state index in [1.54, 1.807) is 0 Å². The second-order valence-electron chi connectivity index (χ2n) is 5.11. The number of nitrogens with zero attached hydrogens (tertiary/aromatic N) is 1. The minimum atomic E-state index is -3.12. The summed E-state index contributed by atoms with van der Waals surface area (Å²) < 4.78 is 25.2. The van der Waals surface area contributed by atoms with Crippen LogP contribution in [0.3, 0.4) is 0 Å². The van der Waals surface area contributed by atoms with Crippen LogP contribution in [0.4, 0.5) is 0 Å². The van der Waals surface area contributed by atoms with Crippen molar-refractivity contribution >= 4 is 11.0 Å². The molecule has 0 aromatic carbocycles. The molecule has 0 aliphatic rings. The van der Waals surface area contributed by atoms with Crippen LogP contribution >= 0.6 is 0 Å². The predicted octanol–water partition coefficient (Wildman–Crippen LogP) is 1.49. The average Bonchev–Trinajstić information content (AvgIpc) is 2.22. The van der Waals surface area contributed by atoms with Gasteiger partial charge in [0.15, 0.2) is 0 Å². The lowest BCUT2D eigenvalue weighted by Gasteiger charge is -2.28. The van der Waals surface area contributed by atoms with Crippen LogP contribution in [0.2, 0.25) is 0 Å². The highest BCUT2D eigenvalue weighted by Gasteiger charge is 2.12. The smallest absolute Gasteiger partial charge is 0.254 e. The number of quaternary nitrogens is 1. The van der Waals surface area contributed by atoms with Crippen LogP contribution in [-0.4, -0.2) is 56.4 Å². The van der Waals surface area contributed by atoms with Crippen molar-refractivity contribution in [3.63, 3.8) is 0 Å². The van der Waals surface area contributed by atoms with E-state index in [9.17, 15) is 0 Å². The standard InChI is InChI=1S/C12H28NO.H2O3S/c1-4-5-6-7-8-9-10-13(2,3)11-12-14;1-4(2)3/h14H,4-12H2,1-3H3;4H,(H,1,2,3)/q+1;. The summed E-state index contributed by atoms with van der Waals surface area (Å²) in [6.07, 6.45) is 8.14. The lowest BCUT2D eigenvalue weighted by Crippen LogP contribution is -2.42. The van der Waals surface area contributed by atoms with Crippen LogP contribution < -0.4 is 0 Å². The molecule has 0 aliphatic heterocycles. The number of likely N-dealkylation sites (N-methyl/N-ethyl adjacent to an activating group) is 1. The Hall–Kier alpha value is -0.170. The summed E-state index contributed by atoms with van der Waals surface area (Å²) in [7, 11) is 1.27. The molecule has 6 heteroatoms. The Morgan fingerprint density at radius 1 is 0.944 bits per heavy atom. The molecule has 0 fully saturated rings. The van der Waals surface area contributed by atoms with Crippen LogP contribution in [0, 0.1) is 0 Å². The van der Waals surface area contributed by atoms with E-state index in [0.29, 0.717) is 6.61 Å². The molecule has 0 aliphatic carbocycles. The fraction of sp³-hybridized carbons (Fsp3) is 1.00. The van der Waals surface area contributed by atoms with Gasteiger partial charge in [-0.05, 0) is 12.8 Å². The molecule has 0 rings (SSSR count). The molecule has 0 atom stereocenters. The van der Waals surface area contributed by atoms with Gasteiger partial charge in [-0.25, -0.2) is 8.42 Å². The predicted molar refractivity (Wildman–Crippen MR) is 75.2 cm³/mol. The van der Waals surface area contributed by atoms with Gasteiger partial charge in [-0.1, -0.05) is 32.6 Å². The van der Waals surface area contributed by atoms with E-state index < -0.39 is 11.0 Å². The van der Waals surface area contributed by atoms with Crippen molar-refractivity contribution in [3.05, 3.63) is 0 Å². The van der Waals surface area contributed by atoms with Crippen LogP contribution in [0.25, 0.3) is 0 Å². The molecule has 0 bridgehead atoms. The van der Waals surface area contributed by atoms with E-state index in [4.69, 9.17) is 18.1 Å². The van der Waals surface area contributed by atoms with Gasteiger partial charge in [0, 0.05) is 0 Å². The largest absolute Gasteiger partial charge is 0.391 e. The third-order valence-corrected chi connectivity index (χ3v) is 2.82. The Labute approximate surface area is 113 Å². The van der Waals surface area contributed by atoms with Crippen molar-refractivity contribution in [2.45, 2.75) is 45.4 Å². The van der Waals surface area contributed by atoms with Crippen LogP contribution in [0.15, 0.2) is 0 Å². The van der Waals surface area contributed by atoms with Crippen LogP contribution in [0.1, 0.15) is 45.4 Å². The number of unbranched alkanes of at least 4 members (excludes halogenated alkanes) is 5. The summed E-state index contributed by atoms with van der Waals surface area (Å²) >= 11 is 0. The zero-order valence-electron chi connectivity index (χ0n) is 12.0. The highest BCUT2D eigenvalue weighted by molar-refractivity contribution is 7.66. The first kappa shape index (κ1) is 20.2. The lowest BCUT2D eigenvalue weighted by molar-refractivity contribution is -0.890. The Kier molecular flexibility index (Phi) is 14.9. The highest BCUT2D eigenvalue weighted by atomic mass is 32.2. The van der Waals surface area contributed by atoms with Crippen molar-refractivity contribution < 1.29 is 22.6 Å². The first-order chi connectivity index (χ1) is 8.35. The molecule has 0 saturated carbocycles. The van der Waals surface area contributed by atoms with E-state index in [-0.39, 0.29) is 0 Å². The maximum Gasteiger partial charge on any atom is 0.254 e. The summed E-state index contributed by atoms with van der Waals surface area (Å²) in [6, 6.07) is 0. The Morgan fingerprint density at radius 2 is 1.39 bits per heavy atom. The molecule has 0 saturated heterocycles. The van der Waals surface area contributed by atoms with Crippen molar-refractivity contribution in [3.8, 4) is 0 Å². The second-order valence-corrected chi connectivity index (χ2v) is 5.59. The monoisotopic (exact) mass is 284 g/mol. The first-order valence-corrected chi connectivity index (χ1v) is 7.75. The number of hydrogen-bond acceptors (Lipinski definition) is 3. The Morgan fingerprint density at radius 3 is 1.83 bits per heavy atom. The second kappa shape index (κ2) is 13.3. The van der Waals surface area contributed by atoms with Gasteiger partial charge in [0.2, 0.25) is 0 Å². The van der Waals surface area contributed by atoms with Crippen molar-refractivity contribution in [2.24, 2.45) is 0 Å². The molecule has 0 amide bonds. The molecular weight excluding hydrogens is 254 g/mol. The van der Waals surface area contributed by atoms with E-state index in [0.717, 1.165) is 11.0 Å². The number of thiol groups is 1. The Bertz CT molecular complexity index is 234. The van der Waals surface area contributed by atoms with Gasteiger partial charge in [-0.3, -0.25) is 4.55 Å². The van der Waals surface area contributed by atoms with Gasteiger partial charge in [0.05, 0.1) is 27.2 Å². The molecule has 112 valence electrons. The van der Waals surface area contributed by atoms with E-state index in [1.165, 1.54) is 45.1 Å². The summed E-state index contributed by atoms with van der Waals surface area (Å²) in [4.78, 5) is 0. The van der Waals surface area contributed by atoms with Gasteiger partial charge in [0.1, 0.15) is 6.54 Å². The van der Waals surface area contributed by atoms with Gasteiger partial charge in [0.25, 0.3) is 11.0 Å². The summed E-state index contributed by atoms with van der Waals surface area (Å²) in [5, 5.41) is 8.86.